The van der Waals surface area contributed by atoms with E-state index >= 15 is 0 Å². The average molecular weight is 1270 g/mol. The number of nitrogens with zero attached hydrogens (tertiary/aromatic N) is 5. The van der Waals surface area contributed by atoms with E-state index in [4.69, 9.17) is 20.3 Å². The van der Waals surface area contributed by atoms with Crippen LogP contribution < -0.4 is 10.8 Å². The Labute approximate surface area is 533 Å². The van der Waals surface area contributed by atoms with E-state index in [1.165, 1.54) is 0 Å². The van der Waals surface area contributed by atoms with Crippen LogP contribution in [0.3, 0.4) is 0 Å². The van der Waals surface area contributed by atoms with E-state index in [0.717, 1.165) is 139 Å². The molecule has 15 nitrogen and oxygen atoms in total. The topological polar surface area (TPSA) is 195 Å². The van der Waals surface area contributed by atoms with Crippen molar-refractivity contribution in [1.82, 2.24) is 29.8 Å². The molecule has 17 heteroatoms. The minimum absolute atomic E-state index is 0. The van der Waals surface area contributed by atoms with Crippen molar-refractivity contribution in [3.05, 3.63) is 255 Å². The summed E-state index contributed by atoms with van der Waals surface area (Å²) in [5.74, 6) is -1.37. The molecule has 4 aliphatic heterocycles. The van der Waals surface area contributed by atoms with Crippen LogP contribution in [0, 0.1) is 20.8 Å². The van der Waals surface area contributed by atoms with Crippen LogP contribution in [-0.4, -0.2) is 172 Å². The Hall–Kier alpha value is -8.55. The Morgan fingerprint density at radius 1 is 0.416 bits per heavy atom. The molecule has 0 aromatic heterocycles. The number of rotatable bonds is 10. The van der Waals surface area contributed by atoms with Crippen LogP contribution in [0.5, 0.6) is 0 Å². The van der Waals surface area contributed by atoms with Crippen molar-refractivity contribution in [3.8, 4) is 22.3 Å². The van der Waals surface area contributed by atoms with E-state index in [0.29, 0.717) is 28.7 Å². The zero-order valence-electron chi connectivity index (χ0n) is 49.3. The maximum Gasteiger partial charge on any atom is 0.488 e. The summed E-state index contributed by atoms with van der Waals surface area (Å²) in [5.41, 5.74) is 10.6. The largest absolute Gasteiger partial charge is 0.488 e. The maximum atomic E-state index is 13.1. The summed E-state index contributed by atoms with van der Waals surface area (Å²) in [6, 6.07) is 65.5. The van der Waals surface area contributed by atoms with Crippen LogP contribution in [0.4, 0.5) is 0 Å². The number of carboxylic acids is 2. The number of carbonyl (C=O) groups excluding carboxylic acids is 3. The Bertz CT molecular complexity index is 3550. The summed E-state index contributed by atoms with van der Waals surface area (Å²) in [6.45, 7) is 16.2. The lowest BCUT2D eigenvalue weighted by atomic mass is 9.81. The first kappa shape index (κ1) is 69.6. The minimum Gasteiger partial charge on any atom is -0.478 e. The minimum atomic E-state index is -1.34. The molecular formula is C72H82BBrN6O9. The third-order valence-electron chi connectivity index (χ3n) is 15.8. The molecule has 0 unspecified atom stereocenters. The van der Waals surface area contributed by atoms with Crippen molar-refractivity contribution in [3.63, 3.8) is 0 Å². The lowest BCUT2D eigenvalue weighted by Crippen LogP contribution is -2.64. The first-order valence-electron chi connectivity index (χ1n) is 29.2. The number of likely N-dealkylation sites (tertiary alicyclic amines) is 1. The van der Waals surface area contributed by atoms with Gasteiger partial charge in [-0.1, -0.05) is 182 Å². The van der Waals surface area contributed by atoms with E-state index < -0.39 is 19.1 Å². The lowest BCUT2D eigenvalue weighted by Gasteiger charge is -2.48. The van der Waals surface area contributed by atoms with Gasteiger partial charge in [0.25, 0.3) is 17.7 Å². The molecule has 4 saturated heterocycles. The first-order chi connectivity index (χ1) is 42.0. The highest BCUT2D eigenvalue weighted by molar-refractivity contribution is 9.10. The van der Waals surface area contributed by atoms with Crippen molar-refractivity contribution < 1.29 is 44.2 Å². The molecule has 464 valence electrons. The number of carbonyl (C=O) groups is 5. The predicted octanol–water partition coefficient (Wildman–Crippen LogP) is 10.8. The van der Waals surface area contributed by atoms with Crippen molar-refractivity contribution in [2.75, 3.05) is 78.5 Å². The van der Waals surface area contributed by atoms with E-state index in [2.05, 4.69) is 49.2 Å². The molecule has 8 aromatic rings. The molecule has 8 aromatic carbocycles. The average Bonchev–Trinajstić information content (AvgIpc) is 1.23. The van der Waals surface area contributed by atoms with Gasteiger partial charge in [-0.3, -0.25) is 24.2 Å². The number of hydrogen-bond donors (Lipinski definition) is 5. The number of carboxylic acid groups (broad SMARTS) is 2. The highest BCUT2D eigenvalue weighted by atomic mass is 79.9. The van der Waals surface area contributed by atoms with Gasteiger partial charge in [0, 0.05) is 112 Å². The van der Waals surface area contributed by atoms with Gasteiger partial charge >= 0.3 is 19.1 Å². The number of piperazine rings is 2. The molecule has 5 N–H and O–H groups in total. The SMILES string of the molecule is C.C.Cc1cc(-c2ccccc2)ccc1C(=O)N1CC(N2CCN(C(=O)c3ccccc3)CC2)C1.Cc1cc(-c2ccccc2)ccc1C(=O)O.Cc1cc(Br)ccc1C(=O)O.O=C(c1ccccc1)N1CCN(C2CNC2)CC1.OB(O)c1ccccc1. The van der Waals surface area contributed by atoms with Gasteiger partial charge in [-0.15, -0.1) is 0 Å². The molecule has 4 heterocycles. The van der Waals surface area contributed by atoms with Gasteiger partial charge in [-0.05, 0) is 120 Å². The van der Waals surface area contributed by atoms with E-state index in [-0.39, 0.29) is 32.6 Å². The molecule has 0 aliphatic carbocycles. The van der Waals surface area contributed by atoms with Crippen molar-refractivity contribution in [2.45, 2.75) is 47.7 Å². The van der Waals surface area contributed by atoms with Crippen LogP contribution in [-0.2, 0) is 0 Å². The molecule has 4 aliphatic rings. The predicted molar refractivity (Wildman–Crippen MR) is 360 cm³/mol. The van der Waals surface area contributed by atoms with Crippen molar-refractivity contribution in [2.24, 2.45) is 0 Å². The normalized spacial score (nSPS) is 14.6. The Morgan fingerprint density at radius 2 is 0.775 bits per heavy atom. The van der Waals surface area contributed by atoms with Gasteiger partial charge in [0.15, 0.2) is 0 Å². The van der Waals surface area contributed by atoms with Gasteiger partial charge in [0.05, 0.1) is 11.1 Å². The molecule has 0 saturated carbocycles. The van der Waals surface area contributed by atoms with Crippen LogP contribution in [0.15, 0.2) is 211 Å². The van der Waals surface area contributed by atoms with Crippen molar-refractivity contribution >= 4 is 58.2 Å². The zero-order valence-corrected chi connectivity index (χ0v) is 50.9. The third-order valence-corrected chi connectivity index (χ3v) is 16.3. The monoisotopic (exact) mass is 1260 g/mol. The Morgan fingerprint density at radius 3 is 1.12 bits per heavy atom. The molecule has 0 atom stereocenters. The summed E-state index contributed by atoms with van der Waals surface area (Å²) >= 11 is 3.25. The molecule has 3 amide bonds. The summed E-state index contributed by atoms with van der Waals surface area (Å²) in [4.78, 5) is 70.1. The Kier molecular flexibility index (Phi) is 26.8. The van der Waals surface area contributed by atoms with Gasteiger partial charge in [0.2, 0.25) is 0 Å². The molecular weight excluding hydrogens is 1180 g/mol. The van der Waals surface area contributed by atoms with Crippen LogP contribution in [0.25, 0.3) is 22.3 Å². The maximum absolute atomic E-state index is 13.1. The first-order valence-corrected chi connectivity index (χ1v) is 30.0. The second kappa shape index (κ2) is 34.3. The standard InChI is InChI=1S/C28H29N3O2.C14H19N3O.C14H12O2.C8H7BrO2.C6H7BO2.2CH4/c1-21-18-24(22-8-4-2-5-9-22)12-13-26(21)28(33)31-19-25(20-31)29-14-16-30(17-15-29)27(32)23-10-6-3-7-11-23;18-14(12-4-2-1-3-5-12)17-8-6-16(7-9-17)13-10-15-11-13;1-10-9-12(7-8-13(10)14(15)16)11-5-3-2-4-6-11;1-5-4-6(9)2-3-7(5)8(10)11;8-7(9)6-4-2-1-3-5-6;;/h2-13,18,25H,14-17,19-20H2,1H3;1-5,13,15H,6-11H2;2-9H,1H3,(H,15,16);2-4H,1H3,(H,10,11);1-5,8-9H;2*1H4. The summed E-state index contributed by atoms with van der Waals surface area (Å²) in [6.07, 6.45) is 0. The molecule has 0 bridgehead atoms. The second-order valence-electron chi connectivity index (χ2n) is 21.7. The fourth-order valence-electron chi connectivity index (χ4n) is 10.6. The number of aromatic carboxylic acids is 2. The van der Waals surface area contributed by atoms with Crippen LogP contribution in [0.2, 0.25) is 0 Å². The number of benzene rings is 8. The second-order valence-corrected chi connectivity index (χ2v) is 22.6. The fourth-order valence-corrected chi connectivity index (χ4v) is 11.1. The number of aryl methyl sites for hydroxylation is 3. The molecule has 4 fully saturated rings. The van der Waals surface area contributed by atoms with Crippen LogP contribution in [0.1, 0.15) is 83.3 Å². The molecule has 12 rings (SSSR count). The number of nitrogens with one attached hydrogen (secondary N) is 1. The van der Waals surface area contributed by atoms with Gasteiger partial charge in [0.1, 0.15) is 0 Å². The summed E-state index contributed by atoms with van der Waals surface area (Å²) in [5, 5.41) is 38.0. The number of halogens is 1. The Balaban J connectivity index is 0.000000192. The van der Waals surface area contributed by atoms with Gasteiger partial charge in [-0.25, -0.2) is 9.59 Å². The highest BCUT2D eigenvalue weighted by Crippen LogP contribution is 2.27. The fraction of sp³-hybridized carbons (Fsp3) is 0.264. The molecule has 89 heavy (non-hydrogen) atoms. The number of hydrogen-bond acceptors (Lipinski definition) is 10. The van der Waals surface area contributed by atoms with Crippen molar-refractivity contribution in [1.29, 1.82) is 0 Å². The van der Waals surface area contributed by atoms with E-state index in [1.807, 2.05) is 168 Å². The van der Waals surface area contributed by atoms with Gasteiger partial charge in [-0.2, -0.15) is 0 Å². The van der Waals surface area contributed by atoms with E-state index in [9.17, 15) is 24.0 Å². The van der Waals surface area contributed by atoms with E-state index in [1.54, 1.807) is 55.5 Å². The smallest absolute Gasteiger partial charge is 0.478 e. The molecule has 0 spiro atoms. The number of amides is 3. The summed E-state index contributed by atoms with van der Waals surface area (Å²) in [7, 11) is -1.34. The molecule has 0 radical (unpaired) electrons. The quantitative estimate of drug-likeness (QED) is 0.0815. The highest BCUT2D eigenvalue weighted by Gasteiger charge is 2.37. The third kappa shape index (κ3) is 19.5. The van der Waals surface area contributed by atoms with Crippen LogP contribution >= 0.6 is 15.9 Å². The van der Waals surface area contributed by atoms with Gasteiger partial charge < -0.3 is 40.3 Å². The lowest BCUT2D eigenvalue weighted by molar-refractivity contribution is 0.00847. The summed E-state index contributed by atoms with van der Waals surface area (Å²) < 4.78 is 0.903. The zero-order chi connectivity index (χ0) is 61.8.